The zero-order valence-corrected chi connectivity index (χ0v) is 11.7. The average molecular weight is 287 g/mol. The standard InChI is InChI=1S/C18H13N3O/c22-21-15-7-4-10-20-17(15)16(13-5-2-1-3-6-13)18(21)14-8-11-19-12-9-14/h1-12,22H. The summed E-state index contributed by atoms with van der Waals surface area (Å²) in [4.78, 5) is 8.52. The molecule has 0 aliphatic heterocycles. The molecule has 3 aromatic heterocycles. The third-order valence-corrected chi connectivity index (χ3v) is 3.72. The molecule has 3 heterocycles. The Kier molecular flexibility index (Phi) is 2.86. The first-order chi connectivity index (χ1) is 10.9. The molecule has 0 saturated heterocycles. The summed E-state index contributed by atoms with van der Waals surface area (Å²) in [6, 6.07) is 17.4. The Morgan fingerprint density at radius 2 is 1.55 bits per heavy atom. The van der Waals surface area contributed by atoms with E-state index in [9.17, 15) is 5.21 Å². The molecule has 0 bridgehead atoms. The third-order valence-electron chi connectivity index (χ3n) is 3.72. The number of hydrogen-bond acceptors (Lipinski definition) is 3. The minimum Gasteiger partial charge on any atom is -0.428 e. The second kappa shape index (κ2) is 5.00. The van der Waals surface area contributed by atoms with Crippen molar-refractivity contribution in [2.24, 2.45) is 0 Å². The molecule has 0 radical (unpaired) electrons. The summed E-state index contributed by atoms with van der Waals surface area (Å²) in [6.45, 7) is 0. The topological polar surface area (TPSA) is 50.9 Å². The van der Waals surface area contributed by atoms with E-state index in [2.05, 4.69) is 9.97 Å². The summed E-state index contributed by atoms with van der Waals surface area (Å²) in [5, 5.41) is 10.6. The first-order valence-electron chi connectivity index (χ1n) is 7.01. The lowest BCUT2D eigenvalue weighted by Gasteiger charge is -2.06. The molecule has 0 aliphatic rings. The second-order valence-corrected chi connectivity index (χ2v) is 5.01. The Hall–Kier alpha value is -3.14. The molecule has 0 fully saturated rings. The number of benzene rings is 1. The van der Waals surface area contributed by atoms with Crippen LogP contribution in [0.5, 0.6) is 0 Å². The van der Waals surface area contributed by atoms with E-state index in [1.807, 2.05) is 54.6 Å². The molecule has 0 unspecified atom stereocenters. The second-order valence-electron chi connectivity index (χ2n) is 5.01. The van der Waals surface area contributed by atoms with E-state index in [1.54, 1.807) is 18.6 Å². The van der Waals surface area contributed by atoms with Crippen LogP contribution >= 0.6 is 0 Å². The van der Waals surface area contributed by atoms with Gasteiger partial charge in [-0.05, 0) is 29.8 Å². The highest BCUT2D eigenvalue weighted by Gasteiger charge is 2.20. The quantitative estimate of drug-likeness (QED) is 0.567. The molecule has 1 N–H and O–H groups in total. The van der Waals surface area contributed by atoms with Gasteiger partial charge in [-0.15, -0.1) is 0 Å². The lowest BCUT2D eigenvalue weighted by Crippen LogP contribution is -1.94. The number of pyridine rings is 2. The zero-order chi connectivity index (χ0) is 14.9. The van der Waals surface area contributed by atoms with Gasteiger partial charge in [0.1, 0.15) is 11.0 Å². The number of nitrogens with zero attached hydrogens (tertiary/aromatic N) is 3. The van der Waals surface area contributed by atoms with Crippen molar-refractivity contribution in [2.75, 3.05) is 0 Å². The predicted molar refractivity (Wildman–Crippen MR) is 85.6 cm³/mol. The van der Waals surface area contributed by atoms with Gasteiger partial charge in [0.25, 0.3) is 0 Å². The van der Waals surface area contributed by atoms with Crippen molar-refractivity contribution in [1.82, 2.24) is 14.7 Å². The van der Waals surface area contributed by atoms with E-state index in [4.69, 9.17) is 0 Å². The fourth-order valence-electron chi connectivity index (χ4n) is 2.75. The van der Waals surface area contributed by atoms with Gasteiger partial charge in [0.2, 0.25) is 0 Å². The number of hydrogen-bond donors (Lipinski definition) is 1. The fraction of sp³-hybridized carbons (Fsp3) is 0. The Morgan fingerprint density at radius 1 is 0.773 bits per heavy atom. The van der Waals surface area contributed by atoms with Gasteiger partial charge in [-0.1, -0.05) is 30.3 Å². The van der Waals surface area contributed by atoms with Crippen molar-refractivity contribution < 1.29 is 5.21 Å². The Balaban J connectivity index is 2.14. The smallest absolute Gasteiger partial charge is 0.106 e. The average Bonchev–Trinajstić information content (AvgIpc) is 2.90. The Bertz CT molecular complexity index is 931. The van der Waals surface area contributed by atoms with E-state index in [0.717, 1.165) is 27.9 Å². The summed E-state index contributed by atoms with van der Waals surface area (Å²) in [5.74, 6) is 0. The van der Waals surface area contributed by atoms with Crippen LogP contribution < -0.4 is 0 Å². The van der Waals surface area contributed by atoms with E-state index >= 15 is 0 Å². The molecule has 0 aliphatic carbocycles. The summed E-state index contributed by atoms with van der Waals surface area (Å²) in [6.07, 6.45) is 5.18. The highest BCUT2D eigenvalue weighted by Crippen LogP contribution is 2.38. The van der Waals surface area contributed by atoms with E-state index < -0.39 is 0 Å². The van der Waals surface area contributed by atoms with Crippen LogP contribution in [0.1, 0.15) is 0 Å². The molecule has 4 nitrogen and oxygen atoms in total. The predicted octanol–water partition coefficient (Wildman–Crippen LogP) is 4.00. The maximum atomic E-state index is 10.6. The minimum atomic E-state index is 0.688. The van der Waals surface area contributed by atoms with E-state index in [1.165, 1.54) is 4.73 Å². The van der Waals surface area contributed by atoms with E-state index in [-0.39, 0.29) is 0 Å². The summed E-state index contributed by atoms with van der Waals surface area (Å²) >= 11 is 0. The molecule has 4 heteroatoms. The normalized spacial score (nSPS) is 10.9. The first kappa shape index (κ1) is 12.6. The maximum Gasteiger partial charge on any atom is 0.106 e. The fourth-order valence-corrected chi connectivity index (χ4v) is 2.75. The van der Waals surface area contributed by atoms with Gasteiger partial charge in [-0.2, -0.15) is 4.73 Å². The van der Waals surface area contributed by atoms with Crippen LogP contribution in [0.15, 0.2) is 73.2 Å². The van der Waals surface area contributed by atoms with Crippen LogP contribution in [0.2, 0.25) is 0 Å². The SMILES string of the molecule is On1c(-c2ccncc2)c(-c2ccccc2)c2ncccc21. The molecule has 4 rings (SSSR count). The highest BCUT2D eigenvalue weighted by molar-refractivity contribution is 6.01. The maximum absolute atomic E-state index is 10.6. The molecule has 1 aromatic carbocycles. The summed E-state index contributed by atoms with van der Waals surface area (Å²) in [7, 11) is 0. The van der Waals surface area contributed by atoms with Crippen molar-refractivity contribution >= 4 is 11.0 Å². The molecule has 4 aromatic rings. The summed E-state index contributed by atoms with van der Waals surface area (Å²) < 4.78 is 1.21. The zero-order valence-electron chi connectivity index (χ0n) is 11.7. The van der Waals surface area contributed by atoms with Crippen LogP contribution in [0.3, 0.4) is 0 Å². The molecule has 0 amide bonds. The Morgan fingerprint density at radius 3 is 2.32 bits per heavy atom. The van der Waals surface area contributed by atoms with Crippen molar-refractivity contribution in [3.63, 3.8) is 0 Å². The van der Waals surface area contributed by atoms with Gasteiger partial charge < -0.3 is 5.21 Å². The lowest BCUT2D eigenvalue weighted by atomic mass is 10.0. The van der Waals surface area contributed by atoms with Crippen molar-refractivity contribution in [3.8, 4) is 22.4 Å². The van der Waals surface area contributed by atoms with E-state index in [0.29, 0.717) is 5.52 Å². The van der Waals surface area contributed by atoms with Crippen molar-refractivity contribution in [3.05, 3.63) is 73.2 Å². The molecule has 0 atom stereocenters. The molecular weight excluding hydrogens is 274 g/mol. The van der Waals surface area contributed by atoms with Crippen LogP contribution in [0.25, 0.3) is 33.4 Å². The van der Waals surface area contributed by atoms with Gasteiger partial charge in [0.15, 0.2) is 0 Å². The highest BCUT2D eigenvalue weighted by atomic mass is 16.5. The molecule has 0 spiro atoms. The van der Waals surface area contributed by atoms with Gasteiger partial charge in [-0.25, -0.2) is 0 Å². The Labute approximate surface area is 127 Å². The largest absolute Gasteiger partial charge is 0.428 e. The molecule has 22 heavy (non-hydrogen) atoms. The number of aromatic nitrogens is 3. The van der Waals surface area contributed by atoms with Crippen LogP contribution in [0, 0.1) is 0 Å². The number of fused-ring (bicyclic) bond motifs is 1. The molecule has 0 saturated carbocycles. The van der Waals surface area contributed by atoms with Crippen LogP contribution in [-0.2, 0) is 0 Å². The van der Waals surface area contributed by atoms with Gasteiger partial charge in [0, 0.05) is 29.7 Å². The first-order valence-corrected chi connectivity index (χ1v) is 7.01. The van der Waals surface area contributed by atoms with Gasteiger partial charge in [0.05, 0.1) is 5.69 Å². The molecule has 106 valence electrons. The van der Waals surface area contributed by atoms with Gasteiger partial charge in [-0.3, -0.25) is 9.97 Å². The minimum absolute atomic E-state index is 0.688. The van der Waals surface area contributed by atoms with Crippen LogP contribution in [0.4, 0.5) is 0 Å². The monoisotopic (exact) mass is 287 g/mol. The van der Waals surface area contributed by atoms with Crippen LogP contribution in [-0.4, -0.2) is 19.9 Å². The molecular formula is C18H13N3O. The summed E-state index contributed by atoms with van der Waals surface area (Å²) in [5.41, 5.74) is 5.03. The lowest BCUT2D eigenvalue weighted by molar-refractivity contribution is 0.205. The third kappa shape index (κ3) is 1.85. The van der Waals surface area contributed by atoms with Crippen molar-refractivity contribution in [1.29, 1.82) is 0 Å². The van der Waals surface area contributed by atoms with Gasteiger partial charge >= 0.3 is 0 Å². The number of rotatable bonds is 2. The van der Waals surface area contributed by atoms with Crippen molar-refractivity contribution in [2.45, 2.75) is 0 Å².